The van der Waals surface area contributed by atoms with E-state index in [9.17, 15) is 19.8 Å². The van der Waals surface area contributed by atoms with Crippen molar-refractivity contribution in [3.05, 3.63) is 82.2 Å². The Morgan fingerprint density at radius 1 is 1.03 bits per heavy atom. The van der Waals surface area contributed by atoms with Crippen molar-refractivity contribution >= 4 is 16.9 Å². The maximum absolute atomic E-state index is 13.3. The second-order valence-corrected chi connectivity index (χ2v) is 7.85. The van der Waals surface area contributed by atoms with Crippen molar-refractivity contribution in [2.24, 2.45) is 0 Å². The highest BCUT2D eigenvalue weighted by Gasteiger charge is 2.28. The fraction of sp³-hybridized carbons (Fsp3) is 0.154. The minimum absolute atomic E-state index is 0.0792. The molecule has 0 amide bonds. The Bertz CT molecular complexity index is 1450. The first-order valence-corrected chi connectivity index (χ1v) is 10.5. The molecule has 2 N–H and O–H groups in total. The third kappa shape index (κ3) is 3.69. The summed E-state index contributed by atoms with van der Waals surface area (Å²) in [4.78, 5) is 25.6. The van der Waals surface area contributed by atoms with Crippen LogP contribution in [0.1, 0.15) is 23.5 Å². The van der Waals surface area contributed by atoms with E-state index in [0.717, 1.165) is 0 Å². The molecule has 0 saturated carbocycles. The van der Waals surface area contributed by atoms with Gasteiger partial charge in [-0.15, -0.1) is 0 Å². The first kappa shape index (κ1) is 21.4. The summed E-state index contributed by atoms with van der Waals surface area (Å²) in [6.07, 6.45) is 1.21. The lowest BCUT2D eigenvalue weighted by atomic mass is 9.86. The Kier molecular flexibility index (Phi) is 5.33. The molecule has 0 unspecified atom stereocenters. The highest BCUT2D eigenvalue weighted by molar-refractivity contribution is 5.87. The average molecular weight is 460 g/mol. The number of fused-ring (bicyclic) bond motifs is 2. The predicted octanol–water partition coefficient (Wildman–Crippen LogP) is 4.29. The Labute approximate surface area is 193 Å². The minimum Gasteiger partial charge on any atom is -0.508 e. The standard InChI is InChI=1S/C26H20O8/c1-31-23(29)11-18(15-4-9-21-22(10-15)34-13-33-21)24-20(28)8-7-17-25(30)19(12-32-26(17)24)14-2-5-16(27)6-3-14/h2-10,12,18,27-28H,11,13H2,1H3/t18-/m1/s1. The first-order chi connectivity index (χ1) is 16.5. The number of hydrogen-bond acceptors (Lipinski definition) is 8. The number of benzene rings is 3. The van der Waals surface area contributed by atoms with Crippen LogP contribution in [0.2, 0.25) is 0 Å². The van der Waals surface area contributed by atoms with E-state index >= 15 is 0 Å². The molecule has 5 rings (SSSR count). The van der Waals surface area contributed by atoms with Crippen molar-refractivity contribution in [1.29, 1.82) is 0 Å². The lowest BCUT2D eigenvalue weighted by molar-refractivity contribution is -0.140. The summed E-state index contributed by atoms with van der Waals surface area (Å²) < 4.78 is 21.6. The number of aromatic hydroxyl groups is 2. The van der Waals surface area contributed by atoms with Crippen molar-refractivity contribution in [2.45, 2.75) is 12.3 Å². The third-order valence-electron chi connectivity index (χ3n) is 5.88. The van der Waals surface area contributed by atoms with Gasteiger partial charge in [-0.2, -0.15) is 0 Å². The molecular weight excluding hydrogens is 440 g/mol. The van der Waals surface area contributed by atoms with Gasteiger partial charge in [-0.05, 0) is 47.5 Å². The van der Waals surface area contributed by atoms with Gasteiger partial charge in [-0.25, -0.2) is 0 Å². The molecule has 0 saturated heterocycles. The van der Waals surface area contributed by atoms with Crippen LogP contribution in [0, 0.1) is 0 Å². The molecule has 0 aliphatic carbocycles. The molecule has 0 bridgehead atoms. The molecule has 4 aromatic rings. The number of carbonyl (C=O) groups excluding carboxylic acids is 1. The Hall–Kier alpha value is -4.46. The molecule has 0 spiro atoms. The maximum atomic E-state index is 13.3. The zero-order valence-electron chi connectivity index (χ0n) is 18.1. The minimum atomic E-state index is -0.687. The maximum Gasteiger partial charge on any atom is 0.306 e. The molecule has 1 aromatic heterocycles. The van der Waals surface area contributed by atoms with E-state index in [1.54, 1.807) is 30.3 Å². The SMILES string of the molecule is COC(=O)C[C@H](c1ccc2c(c1)OCO2)c1c(O)ccc2c(=O)c(-c3ccc(O)cc3)coc12. The number of phenolic OH excluding ortho intramolecular Hbond substituents is 2. The van der Waals surface area contributed by atoms with E-state index in [-0.39, 0.29) is 46.7 Å². The topological polar surface area (TPSA) is 115 Å². The number of rotatable bonds is 5. The molecule has 1 aliphatic heterocycles. The summed E-state index contributed by atoms with van der Waals surface area (Å²) >= 11 is 0. The first-order valence-electron chi connectivity index (χ1n) is 10.5. The smallest absolute Gasteiger partial charge is 0.306 e. The monoisotopic (exact) mass is 460 g/mol. The lowest BCUT2D eigenvalue weighted by Crippen LogP contribution is -2.12. The van der Waals surface area contributed by atoms with E-state index in [0.29, 0.717) is 28.2 Å². The Balaban J connectivity index is 1.70. The number of phenols is 2. The van der Waals surface area contributed by atoms with Crippen LogP contribution in [0.25, 0.3) is 22.1 Å². The number of carbonyl (C=O) groups is 1. The fourth-order valence-corrected chi connectivity index (χ4v) is 4.15. The molecule has 172 valence electrons. The highest BCUT2D eigenvalue weighted by Crippen LogP contribution is 2.42. The normalized spacial score (nSPS) is 13.1. The van der Waals surface area contributed by atoms with Gasteiger partial charge >= 0.3 is 5.97 Å². The largest absolute Gasteiger partial charge is 0.508 e. The Morgan fingerprint density at radius 3 is 2.56 bits per heavy atom. The number of hydrogen-bond donors (Lipinski definition) is 2. The van der Waals surface area contributed by atoms with Crippen molar-refractivity contribution in [1.82, 2.24) is 0 Å². The summed E-state index contributed by atoms with van der Waals surface area (Å²) in [5, 5.41) is 20.6. The van der Waals surface area contributed by atoms with E-state index in [1.165, 1.54) is 37.6 Å². The molecule has 8 nitrogen and oxygen atoms in total. The van der Waals surface area contributed by atoms with Gasteiger partial charge < -0.3 is 28.8 Å². The third-order valence-corrected chi connectivity index (χ3v) is 5.88. The number of methoxy groups -OCH3 is 1. The van der Waals surface area contributed by atoms with Gasteiger partial charge in [0.15, 0.2) is 11.5 Å². The van der Waals surface area contributed by atoms with Gasteiger partial charge in [-0.3, -0.25) is 9.59 Å². The molecule has 3 aromatic carbocycles. The highest BCUT2D eigenvalue weighted by atomic mass is 16.7. The summed E-state index contributed by atoms with van der Waals surface area (Å²) in [7, 11) is 1.28. The molecule has 34 heavy (non-hydrogen) atoms. The Morgan fingerprint density at radius 2 is 1.79 bits per heavy atom. The predicted molar refractivity (Wildman–Crippen MR) is 122 cm³/mol. The van der Waals surface area contributed by atoms with E-state index in [1.807, 2.05) is 0 Å². The second kappa shape index (κ2) is 8.47. The van der Waals surface area contributed by atoms with Crippen LogP contribution >= 0.6 is 0 Å². The van der Waals surface area contributed by atoms with Gasteiger partial charge in [0.05, 0.1) is 24.5 Å². The molecule has 0 fully saturated rings. The number of ether oxygens (including phenoxy) is 3. The van der Waals surface area contributed by atoms with Crippen molar-refractivity contribution < 1.29 is 33.6 Å². The van der Waals surface area contributed by atoms with Gasteiger partial charge in [-0.1, -0.05) is 18.2 Å². The number of esters is 1. The van der Waals surface area contributed by atoms with Gasteiger partial charge in [0.2, 0.25) is 12.2 Å². The van der Waals surface area contributed by atoms with E-state index in [4.69, 9.17) is 18.6 Å². The lowest BCUT2D eigenvalue weighted by Gasteiger charge is -2.20. The van der Waals surface area contributed by atoms with Crippen LogP contribution in [0.4, 0.5) is 0 Å². The second-order valence-electron chi connectivity index (χ2n) is 7.85. The van der Waals surface area contributed by atoms with Gasteiger partial charge in [0.1, 0.15) is 23.3 Å². The summed E-state index contributed by atoms with van der Waals surface area (Å²) in [5.74, 6) is -0.137. The van der Waals surface area contributed by atoms with Crippen molar-refractivity contribution in [2.75, 3.05) is 13.9 Å². The summed E-state index contributed by atoms with van der Waals surface area (Å²) in [5.41, 5.74) is 1.68. The molecule has 1 aliphatic rings. The van der Waals surface area contributed by atoms with Gasteiger partial charge in [0, 0.05) is 11.5 Å². The van der Waals surface area contributed by atoms with Crippen molar-refractivity contribution in [3.63, 3.8) is 0 Å². The average Bonchev–Trinajstić information content (AvgIpc) is 3.32. The van der Waals surface area contributed by atoms with Gasteiger partial charge in [0.25, 0.3) is 0 Å². The van der Waals surface area contributed by atoms with E-state index in [2.05, 4.69) is 0 Å². The van der Waals surface area contributed by atoms with Crippen molar-refractivity contribution in [3.8, 4) is 34.1 Å². The molecule has 0 radical (unpaired) electrons. The van der Waals surface area contributed by atoms with Crippen LogP contribution in [0.3, 0.4) is 0 Å². The quantitative estimate of drug-likeness (QED) is 0.424. The van der Waals surface area contributed by atoms with Crippen LogP contribution in [-0.2, 0) is 9.53 Å². The fourth-order valence-electron chi connectivity index (χ4n) is 4.15. The molecule has 2 heterocycles. The van der Waals surface area contributed by atoms with Crippen LogP contribution in [-0.4, -0.2) is 30.1 Å². The summed E-state index contributed by atoms with van der Waals surface area (Å²) in [6, 6.07) is 14.3. The zero-order valence-corrected chi connectivity index (χ0v) is 18.1. The van der Waals surface area contributed by atoms with E-state index < -0.39 is 11.9 Å². The molecule has 8 heteroatoms. The summed E-state index contributed by atoms with van der Waals surface area (Å²) in [6.45, 7) is 0.0921. The van der Waals surface area contributed by atoms with Crippen LogP contribution in [0.5, 0.6) is 23.0 Å². The molecule has 1 atom stereocenters. The zero-order chi connectivity index (χ0) is 23.8. The van der Waals surface area contributed by atoms with Crippen LogP contribution < -0.4 is 14.9 Å². The van der Waals surface area contributed by atoms with Crippen LogP contribution in [0.15, 0.2) is 70.1 Å². The molecular formula is C26H20O8.